The smallest absolute Gasteiger partial charge is 0.189 e. The largest absolute Gasteiger partial charge is 0.496 e. The molecule has 3 heteroatoms. The molecule has 2 aromatic rings. The zero-order valence-corrected chi connectivity index (χ0v) is 10.0. The molecular weight excluding hydrogens is 226 g/mol. The first-order valence-electron chi connectivity index (χ1n) is 5.56. The fourth-order valence-electron chi connectivity index (χ4n) is 1.58. The Morgan fingerprint density at radius 2 is 2.06 bits per heavy atom. The van der Waals surface area contributed by atoms with Gasteiger partial charge in [-0.1, -0.05) is 18.2 Å². The maximum Gasteiger partial charge on any atom is 0.189 e. The molecule has 0 radical (unpaired) electrons. The summed E-state index contributed by atoms with van der Waals surface area (Å²) in [5, 5.41) is 0. The van der Waals surface area contributed by atoms with Crippen LogP contribution in [0.25, 0.3) is 6.08 Å². The lowest BCUT2D eigenvalue weighted by atomic mass is 10.1. The number of allylic oxidation sites excluding steroid dienone is 1. The van der Waals surface area contributed by atoms with Gasteiger partial charge < -0.3 is 4.74 Å². The van der Waals surface area contributed by atoms with E-state index in [0.29, 0.717) is 11.3 Å². The number of rotatable bonds is 4. The Bertz CT molecular complexity index is 562. The number of benzene rings is 1. The Kier molecular flexibility index (Phi) is 3.86. The molecule has 0 bridgehead atoms. The van der Waals surface area contributed by atoms with Gasteiger partial charge in [0.2, 0.25) is 0 Å². The minimum atomic E-state index is -0.0868. The molecule has 90 valence electrons. The average Bonchev–Trinajstić information content (AvgIpc) is 2.45. The lowest BCUT2D eigenvalue weighted by Crippen LogP contribution is -1.98. The number of methoxy groups -OCH3 is 1. The SMILES string of the molecule is COc1ccccc1C(=O)/C=C/c1cccnc1. The van der Waals surface area contributed by atoms with Gasteiger partial charge in [-0.3, -0.25) is 9.78 Å². The van der Waals surface area contributed by atoms with E-state index in [4.69, 9.17) is 4.74 Å². The number of aromatic nitrogens is 1. The van der Waals surface area contributed by atoms with E-state index in [1.807, 2.05) is 24.3 Å². The third-order valence-electron chi connectivity index (χ3n) is 2.48. The molecule has 0 fully saturated rings. The summed E-state index contributed by atoms with van der Waals surface area (Å²) in [6.45, 7) is 0. The van der Waals surface area contributed by atoms with Crippen LogP contribution in [0, 0.1) is 0 Å². The van der Waals surface area contributed by atoms with Crippen LogP contribution in [0.2, 0.25) is 0 Å². The van der Waals surface area contributed by atoms with E-state index in [-0.39, 0.29) is 5.78 Å². The molecule has 0 amide bonds. The number of hydrogen-bond donors (Lipinski definition) is 0. The van der Waals surface area contributed by atoms with Crippen molar-refractivity contribution in [3.63, 3.8) is 0 Å². The summed E-state index contributed by atoms with van der Waals surface area (Å²) in [4.78, 5) is 16.0. The van der Waals surface area contributed by atoms with Crippen molar-refractivity contribution in [2.75, 3.05) is 7.11 Å². The number of pyridine rings is 1. The van der Waals surface area contributed by atoms with Gasteiger partial charge >= 0.3 is 0 Å². The lowest BCUT2D eigenvalue weighted by molar-refractivity contribution is 0.104. The molecule has 1 aromatic heterocycles. The highest BCUT2D eigenvalue weighted by atomic mass is 16.5. The van der Waals surface area contributed by atoms with Crippen LogP contribution >= 0.6 is 0 Å². The van der Waals surface area contributed by atoms with Gasteiger partial charge in [0.15, 0.2) is 5.78 Å². The van der Waals surface area contributed by atoms with Gasteiger partial charge in [0.05, 0.1) is 12.7 Å². The van der Waals surface area contributed by atoms with E-state index in [9.17, 15) is 4.79 Å². The first-order chi connectivity index (χ1) is 8.81. The quantitative estimate of drug-likeness (QED) is 0.608. The minimum Gasteiger partial charge on any atom is -0.496 e. The molecule has 0 saturated heterocycles. The van der Waals surface area contributed by atoms with Crippen molar-refractivity contribution in [2.24, 2.45) is 0 Å². The van der Waals surface area contributed by atoms with Gasteiger partial charge in [0.25, 0.3) is 0 Å². The van der Waals surface area contributed by atoms with Crippen molar-refractivity contribution in [3.8, 4) is 5.75 Å². The second-order valence-corrected chi connectivity index (χ2v) is 3.68. The zero-order chi connectivity index (χ0) is 12.8. The van der Waals surface area contributed by atoms with E-state index in [1.54, 1.807) is 37.7 Å². The highest BCUT2D eigenvalue weighted by molar-refractivity contribution is 6.08. The van der Waals surface area contributed by atoms with Crippen LogP contribution in [0.1, 0.15) is 15.9 Å². The van der Waals surface area contributed by atoms with Crippen LogP contribution in [0.5, 0.6) is 5.75 Å². The third-order valence-corrected chi connectivity index (χ3v) is 2.48. The number of carbonyl (C=O) groups is 1. The van der Waals surface area contributed by atoms with Crippen LogP contribution < -0.4 is 4.74 Å². The highest BCUT2D eigenvalue weighted by Crippen LogP contribution is 2.18. The fraction of sp³-hybridized carbons (Fsp3) is 0.0667. The topological polar surface area (TPSA) is 39.2 Å². The molecule has 0 unspecified atom stereocenters. The van der Waals surface area contributed by atoms with Crippen LogP contribution in [0.15, 0.2) is 54.9 Å². The predicted octanol–water partition coefficient (Wildman–Crippen LogP) is 2.99. The molecule has 0 spiro atoms. The van der Waals surface area contributed by atoms with E-state index >= 15 is 0 Å². The summed E-state index contributed by atoms with van der Waals surface area (Å²) < 4.78 is 5.15. The van der Waals surface area contributed by atoms with Gasteiger partial charge in [-0.15, -0.1) is 0 Å². The average molecular weight is 239 g/mol. The molecule has 18 heavy (non-hydrogen) atoms. The molecule has 2 rings (SSSR count). The highest BCUT2D eigenvalue weighted by Gasteiger charge is 2.07. The molecule has 1 aromatic carbocycles. The molecule has 1 heterocycles. The predicted molar refractivity (Wildman–Crippen MR) is 70.6 cm³/mol. The molecule has 0 aliphatic rings. The van der Waals surface area contributed by atoms with Crippen molar-refractivity contribution >= 4 is 11.9 Å². The van der Waals surface area contributed by atoms with E-state index < -0.39 is 0 Å². The molecule has 0 aliphatic carbocycles. The van der Waals surface area contributed by atoms with Crippen molar-refractivity contribution in [3.05, 3.63) is 66.0 Å². The van der Waals surface area contributed by atoms with E-state index in [0.717, 1.165) is 5.56 Å². The Morgan fingerprint density at radius 1 is 1.22 bits per heavy atom. The summed E-state index contributed by atoms with van der Waals surface area (Å²) in [5.41, 5.74) is 1.45. The summed E-state index contributed by atoms with van der Waals surface area (Å²) in [6, 6.07) is 10.9. The van der Waals surface area contributed by atoms with Crippen molar-refractivity contribution in [1.82, 2.24) is 4.98 Å². The van der Waals surface area contributed by atoms with Crippen LogP contribution in [0.4, 0.5) is 0 Å². The first-order valence-corrected chi connectivity index (χ1v) is 5.56. The standard InChI is InChI=1S/C15H13NO2/c1-18-15-7-3-2-6-13(15)14(17)9-8-12-5-4-10-16-11-12/h2-11H,1H3/b9-8+. The molecule has 0 aliphatic heterocycles. The van der Waals surface area contributed by atoms with Gasteiger partial charge in [-0.25, -0.2) is 0 Å². The van der Waals surface area contributed by atoms with Gasteiger partial charge in [0.1, 0.15) is 5.75 Å². The second kappa shape index (κ2) is 5.77. The number of para-hydroxylation sites is 1. The maximum atomic E-state index is 12.0. The normalized spacial score (nSPS) is 10.5. The van der Waals surface area contributed by atoms with Crippen molar-refractivity contribution < 1.29 is 9.53 Å². The maximum absolute atomic E-state index is 12.0. The fourth-order valence-corrected chi connectivity index (χ4v) is 1.58. The number of nitrogens with zero attached hydrogens (tertiary/aromatic N) is 1. The van der Waals surface area contributed by atoms with Crippen LogP contribution in [-0.4, -0.2) is 17.9 Å². The lowest BCUT2D eigenvalue weighted by Gasteiger charge is -2.04. The summed E-state index contributed by atoms with van der Waals surface area (Å²) in [5.74, 6) is 0.495. The zero-order valence-electron chi connectivity index (χ0n) is 10.0. The second-order valence-electron chi connectivity index (χ2n) is 3.68. The monoisotopic (exact) mass is 239 g/mol. The van der Waals surface area contributed by atoms with Gasteiger partial charge in [-0.2, -0.15) is 0 Å². The van der Waals surface area contributed by atoms with E-state index in [2.05, 4.69) is 4.98 Å². The molecule has 0 N–H and O–H groups in total. The molecule has 0 atom stereocenters. The summed E-state index contributed by atoms with van der Waals surface area (Å²) in [7, 11) is 1.55. The Balaban J connectivity index is 2.20. The molecular formula is C15H13NO2. The Morgan fingerprint density at radius 3 is 2.78 bits per heavy atom. The number of hydrogen-bond acceptors (Lipinski definition) is 3. The summed E-state index contributed by atoms with van der Waals surface area (Å²) >= 11 is 0. The Hall–Kier alpha value is -2.42. The van der Waals surface area contributed by atoms with Gasteiger partial charge in [-0.05, 0) is 35.9 Å². The van der Waals surface area contributed by atoms with Crippen molar-refractivity contribution in [1.29, 1.82) is 0 Å². The Labute approximate surface area is 106 Å². The molecule has 0 saturated carbocycles. The summed E-state index contributed by atoms with van der Waals surface area (Å²) in [6.07, 6.45) is 6.65. The van der Waals surface area contributed by atoms with Crippen molar-refractivity contribution in [2.45, 2.75) is 0 Å². The van der Waals surface area contributed by atoms with Crippen LogP contribution in [-0.2, 0) is 0 Å². The first kappa shape index (κ1) is 12.0. The van der Waals surface area contributed by atoms with Gasteiger partial charge in [0, 0.05) is 12.4 Å². The third kappa shape index (κ3) is 2.83. The van der Waals surface area contributed by atoms with Crippen LogP contribution in [0.3, 0.4) is 0 Å². The number of ketones is 1. The minimum absolute atomic E-state index is 0.0868. The number of ether oxygens (including phenoxy) is 1. The number of carbonyl (C=O) groups excluding carboxylic acids is 1. The molecule has 3 nitrogen and oxygen atoms in total. The van der Waals surface area contributed by atoms with E-state index in [1.165, 1.54) is 6.08 Å².